The third-order valence-electron chi connectivity index (χ3n) is 8.27. The van der Waals surface area contributed by atoms with Gasteiger partial charge in [0, 0.05) is 14.7 Å². The molecule has 0 saturated carbocycles. The van der Waals surface area contributed by atoms with Gasteiger partial charge < -0.3 is 0 Å². The van der Waals surface area contributed by atoms with Gasteiger partial charge in [-0.15, -0.1) is 37.9 Å². The lowest BCUT2D eigenvalue weighted by atomic mass is 10.1. The second-order valence-corrected chi connectivity index (χ2v) is 14.1. The van der Waals surface area contributed by atoms with E-state index >= 15 is 0 Å². The Kier molecular flexibility index (Phi) is 39.0. The normalized spacial score (nSPS) is 9.88. The zero-order valence-corrected chi connectivity index (χ0v) is 33.0. The van der Waals surface area contributed by atoms with Gasteiger partial charge in [0.2, 0.25) is 0 Å². The topological polar surface area (TPSA) is 0 Å². The first kappa shape index (κ1) is 50.9. The summed E-state index contributed by atoms with van der Waals surface area (Å²) in [7, 11) is 0. The van der Waals surface area contributed by atoms with Crippen LogP contribution in [0.2, 0.25) is 0 Å². The molecule has 0 nitrogen and oxygen atoms in total. The van der Waals surface area contributed by atoms with E-state index in [1.165, 1.54) is 152 Å². The SMILES string of the molecule is CCCCCCCCc1ccc(S)cc1.CCCCCCCCc1ccc(S)cc1.CCCCCCCCc1ccc(S)cc1.F.F.F. The van der Waals surface area contributed by atoms with Crippen LogP contribution in [0.25, 0.3) is 0 Å². The molecule has 0 aromatic heterocycles. The highest BCUT2D eigenvalue weighted by atomic mass is 32.1. The van der Waals surface area contributed by atoms with E-state index in [1.807, 2.05) is 0 Å². The molecule has 0 N–H and O–H groups in total. The van der Waals surface area contributed by atoms with Gasteiger partial charge in [-0.05, 0) is 91.6 Å². The van der Waals surface area contributed by atoms with Gasteiger partial charge in [0.15, 0.2) is 0 Å². The third kappa shape index (κ3) is 30.6. The van der Waals surface area contributed by atoms with Crippen molar-refractivity contribution < 1.29 is 14.1 Å². The number of benzene rings is 3. The quantitative estimate of drug-likeness (QED) is 0.0706. The molecule has 3 rings (SSSR count). The van der Waals surface area contributed by atoms with Gasteiger partial charge in [-0.2, -0.15) is 0 Å². The van der Waals surface area contributed by atoms with Gasteiger partial charge in [-0.25, -0.2) is 0 Å². The Labute approximate surface area is 310 Å². The molecule has 0 atom stereocenters. The summed E-state index contributed by atoms with van der Waals surface area (Å²) in [5.74, 6) is 0. The summed E-state index contributed by atoms with van der Waals surface area (Å²) >= 11 is 12.8. The number of halogens is 3. The third-order valence-corrected chi connectivity index (χ3v) is 9.16. The molecule has 48 heavy (non-hydrogen) atoms. The van der Waals surface area contributed by atoms with Gasteiger partial charge in [-0.1, -0.05) is 153 Å². The van der Waals surface area contributed by atoms with Gasteiger partial charge in [0.25, 0.3) is 0 Å². The minimum Gasteiger partial charge on any atom is -0.269 e. The second kappa shape index (κ2) is 36.8. The molecule has 0 radical (unpaired) electrons. The van der Waals surface area contributed by atoms with E-state index in [4.69, 9.17) is 0 Å². The lowest BCUT2D eigenvalue weighted by Gasteiger charge is -2.02. The van der Waals surface area contributed by atoms with Crippen molar-refractivity contribution in [2.75, 3.05) is 0 Å². The van der Waals surface area contributed by atoms with Crippen LogP contribution < -0.4 is 0 Å². The number of aryl methyl sites for hydroxylation is 3. The zero-order chi connectivity index (χ0) is 32.8. The van der Waals surface area contributed by atoms with Gasteiger partial charge in [-0.3, -0.25) is 14.1 Å². The maximum atomic E-state index is 4.28. The average molecular weight is 727 g/mol. The monoisotopic (exact) mass is 726 g/mol. The summed E-state index contributed by atoms with van der Waals surface area (Å²) in [6, 6.07) is 25.6. The standard InChI is InChI=1S/3C14H22S.3FH/c3*1-2-3-4-5-6-7-8-13-9-11-14(15)12-10-13;;;/h3*9-12,15H,2-8H2,1H3;3*1H. The number of thiol groups is 3. The first-order valence-electron chi connectivity index (χ1n) is 18.3. The van der Waals surface area contributed by atoms with Gasteiger partial charge >= 0.3 is 0 Å². The summed E-state index contributed by atoms with van der Waals surface area (Å²) in [6.07, 6.45) is 28.4. The molecule has 3 aromatic carbocycles. The van der Waals surface area contributed by atoms with E-state index in [-0.39, 0.29) is 14.1 Å². The fourth-order valence-corrected chi connectivity index (χ4v) is 5.76. The molecule has 0 fully saturated rings. The van der Waals surface area contributed by atoms with Crippen molar-refractivity contribution in [1.82, 2.24) is 0 Å². The Bertz CT molecular complexity index is 905. The first-order chi connectivity index (χ1) is 22.0. The molecular weight excluding hydrogens is 658 g/mol. The van der Waals surface area contributed by atoms with Crippen LogP contribution in [0.5, 0.6) is 0 Å². The molecular formula is C42H69F3S3. The highest BCUT2D eigenvalue weighted by molar-refractivity contribution is 7.80. The minimum atomic E-state index is 0. The van der Waals surface area contributed by atoms with Crippen molar-refractivity contribution in [2.45, 2.75) is 170 Å². The van der Waals surface area contributed by atoms with E-state index in [9.17, 15) is 0 Å². The molecule has 276 valence electrons. The smallest absolute Gasteiger partial charge is 0.00401 e. The number of unbranched alkanes of at least 4 members (excludes halogenated alkanes) is 15. The van der Waals surface area contributed by atoms with Crippen LogP contribution in [0, 0.1) is 0 Å². The predicted octanol–water partition coefficient (Wildman–Crippen LogP) is 15.1. The maximum absolute atomic E-state index is 4.28. The molecule has 0 heterocycles. The summed E-state index contributed by atoms with van der Waals surface area (Å²) in [5, 5.41) is 0. The zero-order valence-electron chi connectivity index (χ0n) is 30.3. The van der Waals surface area contributed by atoms with Crippen molar-refractivity contribution in [1.29, 1.82) is 0 Å². The Morgan fingerprint density at radius 2 is 0.479 bits per heavy atom. The van der Waals surface area contributed by atoms with E-state index in [2.05, 4.69) is 131 Å². The second-order valence-electron chi connectivity index (χ2n) is 12.6. The van der Waals surface area contributed by atoms with E-state index < -0.39 is 0 Å². The Morgan fingerprint density at radius 3 is 0.688 bits per heavy atom. The summed E-state index contributed by atoms with van der Waals surface area (Å²) in [4.78, 5) is 3.17. The maximum Gasteiger partial charge on any atom is 0.00401 e. The minimum absolute atomic E-state index is 0. The van der Waals surface area contributed by atoms with E-state index in [0.29, 0.717) is 0 Å². The van der Waals surface area contributed by atoms with Crippen molar-refractivity contribution in [3.05, 3.63) is 89.5 Å². The van der Waals surface area contributed by atoms with Crippen LogP contribution >= 0.6 is 37.9 Å². The Balaban J connectivity index is -0.000000614. The number of rotatable bonds is 21. The molecule has 0 unspecified atom stereocenters. The van der Waals surface area contributed by atoms with Crippen molar-refractivity contribution in [2.24, 2.45) is 0 Å². The molecule has 6 heteroatoms. The molecule has 0 aliphatic heterocycles. The highest BCUT2D eigenvalue weighted by Crippen LogP contribution is 2.15. The Morgan fingerprint density at radius 1 is 0.292 bits per heavy atom. The van der Waals surface area contributed by atoms with E-state index in [1.54, 1.807) is 0 Å². The molecule has 0 aliphatic carbocycles. The fourth-order valence-electron chi connectivity index (χ4n) is 5.32. The lowest BCUT2D eigenvalue weighted by molar-refractivity contribution is 0.607. The van der Waals surface area contributed by atoms with Crippen molar-refractivity contribution in [3.63, 3.8) is 0 Å². The largest absolute Gasteiger partial charge is 0.269 e. The van der Waals surface area contributed by atoms with Crippen LogP contribution in [-0.4, -0.2) is 0 Å². The Hall–Kier alpha value is -1.50. The average Bonchev–Trinajstić information content (AvgIpc) is 3.05. The molecule has 3 aromatic rings. The lowest BCUT2D eigenvalue weighted by Crippen LogP contribution is -1.85. The summed E-state index contributed by atoms with van der Waals surface area (Å²) in [6.45, 7) is 6.79. The van der Waals surface area contributed by atoms with Crippen molar-refractivity contribution >= 4 is 37.9 Å². The summed E-state index contributed by atoms with van der Waals surface area (Å²) < 4.78 is 0. The van der Waals surface area contributed by atoms with Gasteiger partial charge in [0.05, 0.1) is 0 Å². The molecule has 0 amide bonds. The fraction of sp³-hybridized carbons (Fsp3) is 0.571. The molecule has 0 aliphatic rings. The molecule has 0 saturated heterocycles. The number of hydrogen-bond donors (Lipinski definition) is 3. The molecule has 0 spiro atoms. The van der Waals surface area contributed by atoms with Crippen molar-refractivity contribution in [3.8, 4) is 0 Å². The van der Waals surface area contributed by atoms with Gasteiger partial charge in [0.1, 0.15) is 0 Å². The van der Waals surface area contributed by atoms with Crippen LogP contribution in [0.15, 0.2) is 87.5 Å². The highest BCUT2D eigenvalue weighted by Gasteiger charge is 1.96. The van der Waals surface area contributed by atoms with Crippen LogP contribution in [0.3, 0.4) is 0 Å². The summed E-state index contributed by atoms with van der Waals surface area (Å²) in [5.41, 5.74) is 4.34. The first-order valence-corrected chi connectivity index (χ1v) is 19.7. The number of hydrogen-bond acceptors (Lipinski definition) is 3. The van der Waals surface area contributed by atoms with Crippen LogP contribution in [0.1, 0.15) is 153 Å². The molecule has 0 bridgehead atoms. The predicted molar refractivity (Wildman–Crippen MR) is 220 cm³/mol. The van der Waals surface area contributed by atoms with E-state index in [0.717, 1.165) is 14.7 Å². The van der Waals surface area contributed by atoms with Crippen LogP contribution in [0.4, 0.5) is 14.1 Å². The van der Waals surface area contributed by atoms with Crippen LogP contribution in [-0.2, 0) is 19.3 Å².